The number of benzene rings is 1. The summed E-state index contributed by atoms with van der Waals surface area (Å²) in [5, 5.41) is 6.27. The molecule has 0 radical (unpaired) electrons. The third-order valence-electron chi connectivity index (χ3n) is 3.92. The summed E-state index contributed by atoms with van der Waals surface area (Å²) in [6.45, 7) is 5.31. The van der Waals surface area contributed by atoms with Crippen molar-refractivity contribution in [1.82, 2.24) is 10.6 Å². The quantitative estimate of drug-likeness (QED) is 0.757. The first-order valence-electron chi connectivity index (χ1n) is 7.91. The van der Waals surface area contributed by atoms with Gasteiger partial charge in [0.2, 0.25) is 5.91 Å². The lowest BCUT2D eigenvalue weighted by Gasteiger charge is -2.22. The molecule has 2 rings (SSSR count). The van der Waals surface area contributed by atoms with Gasteiger partial charge in [-0.25, -0.2) is 0 Å². The van der Waals surface area contributed by atoms with Crippen LogP contribution in [0.15, 0.2) is 24.3 Å². The van der Waals surface area contributed by atoms with Crippen molar-refractivity contribution >= 4 is 5.91 Å². The molecule has 1 aromatic carbocycles. The van der Waals surface area contributed by atoms with Crippen molar-refractivity contribution in [3.8, 4) is 5.75 Å². The van der Waals surface area contributed by atoms with Gasteiger partial charge in [0.05, 0.1) is 6.54 Å². The Morgan fingerprint density at radius 1 is 1.38 bits per heavy atom. The van der Waals surface area contributed by atoms with Gasteiger partial charge >= 0.3 is 0 Å². The van der Waals surface area contributed by atoms with Gasteiger partial charge < -0.3 is 15.4 Å². The standard InChI is InChI=1S/C17H26N2O2/c1-14-3-2-4-16(13-14)21-12-11-19-17(20)6-5-15-7-9-18-10-8-15/h2-4,13,15,18H,5-12H2,1H3,(H,19,20). The summed E-state index contributed by atoms with van der Waals surface area (Å²) in [6.07, 6.45) is 4.04. The molecule has 1 heterocycles. The van der Waals surface area contributed by atoms with Crippen molar-refractivity contribution in [2.45, 2.75) is 32.6 Å². The molecule has 1 aliphatic heterocycles. The molecule has 1 fully saturated rings. The largest absolute Gasteiger partial charge is 0.492 e. The molecule has 116 valence electrons. The van der Waals surface area contributed by atoms with Crippen molar-refractivity contribution in [3.05, 3.63) is 29.8 Å². The Hall–Kier alpha value is -1.55. The van der Waals surface area contributed by atoms with Crippen molar-refractivity contribution in [2.75, 3.05) is 26.2 Å². The van der Waals surface area contributed by atoms with E-state index in [2.05, 4.69) is 10.6 Å². The molecular weight excluding hydrogens is 264 g/mol. The van der Waals surface area contributed by atoms with Crippen molar-refractivity contribution in [3.63, 3.8) is 0 Å². The molecule has 2 N–H and O–H groups in total. The first kappa shape index (κ1) is 15.8. The highest BCUT2D eigenvalue weighted by Gasteiger charge is 2.14. The van der Waals surface area contributed by atoms with E-state index in [0.717, 1.165) is 25.3 Å². The third-order valence-corrected chi connectivity index (χ3v) is 3.92. The van der Waals surface area contributed by atoms with E-state index in [-0.39, 0.29) is 5.91 Å². The van der Waals surface area contributed by atoms with E-state index in [1.807, 2.05) is 31.2 Å². The average molecular weight is 290 g/mol. The minimum Gasteiger partial charge on any atom is -0.492 e. The Bertz CT molecular complexity index is 442. The van der Waals surface area contributed by atoms with Gasteiger partial charge in [0.1, 0.15) is 12.4 Å². The highest BCUT2D eigenvalue weighted by atomic mass is 16.5. The molecule has 0 unspecified atom stereocenters. The fourth-order valence-corrected chi connectivity index (χ4v) is 2.66. The van der Waals surface area contributed by atoms with Gasteiger partial charge in [-0.15, -0.1) is 0 Å². The second-order valence-electron chi connectivity index (χ2n) is 5.75. The van der Waals surface area contributed by atoms with Gasteiger partial charge in [-0.1, -0.05) is 12.1 Å². The van der Waals surface area contributed by atoms with E-state index in [4.69, 9.17) is 4.74 Å². The SMILES string of the molecule is Cc1cccc(OCCNC(=O)CCC2CCNCC2)c1. The number of piperidine rings is 1. The maximum atomic E-state index is 11.8. The van der Waals surface area contributed by atoms with Crippen LogP contribution in [-0.2, 0) is 4.79 Å². The summed E-state index contributed by atoms with van der Waals surface area (Å²) < 4.78 is 5.61. The summed E-state index contributed by atoms with van der Waals surface area (Å²) >= 11 is 0. The van der Waals surface area contributed by atoms with Gasteiger partial charge in [-0.2, -0.15) is 0 Å². The van der Waals surface area contributed by atoms with Crippen molar-refractivity contribution < 1.29 is 9.53 Å². The van der Waals surface area contributed by atoms with Gasteiger partial charge in [0.15, 0.2) is 0 Å². The zero-order valence-corrected chi connectivity index (χ0v) is 12.9. The topological polar surface area (TPSA) is 50.4 Å². The fraction of sp³-hybridized carbons (Fsp3) is 0.588. The van der Waals surface area contributed by atoms with Gasteiger partial charge in [-0.05, 0) is 62.9 Å². The molecule has 0 spiro atoms. The Kier molecular flexibility index (Phi) is 6.54. The van der Waals surface area contributed by atoms with Crippen molar-refractivity contribution in [2.24, 2.45) is 5.92 Å². The van der Waals surface area contributed by atoms with Crippen LogP contribution in [0.2, 0.25) is 0 Å². The molecule has 1 aromatic rings. The Morgan fingerprint density at radius 3 is 2.95 bits per heavy atom. The molecular formula is C17H26N2O2. The first-order valence-corrected chi connectivity index (χ1v) is 7.91. The number of carbonyl (C=O) groups excluding carboxylic acids is 1. The van der Waals surface area contributed by atoms with Crippen LogP contribution < -0.4 is 15.4 Å². The van der Waals surface area contributed by atoms with Crippen LogP contribution in [0.3, 0.4) is 0 Å². The average Bonchev–Trinajstić information content (AvgIpc) is 2.51. The summed E-state index contributed by atoms with van der Waals surface area (Å²) in [5.41, 5.74) is 1.18. The fourth-order valence-electron chi connectivity index (χ4n) is 2.66. The molecule has 0 bridgehead atoms. The lowest BCUT2D eigenvalue weighted by molar-refractivity contribution is -0.121. The number of nitrogens with one attached hydrogen (secondary N) is 2. The van der Waals surface area contributed by atoms with Crippen LogP contribution in [0.1, 0.15) is 31.2 Å². The Balaban J connectivity index is 1.54. The number of carbonyl (C=O) groups is 1. The highest BCUT2D eigenvalue weighted by molar-refractivity contribution is 5.75. The maximum Gasteiger partial charge on any atom is 0.220 e. The van der Waals surface area contributed by atoms with E-state index in [1.165, 1.54) is 18.4 Å². The van der Waals surface area contributed by atoms with E-state index in [0.29, 0.717) is 25.5 Å². The summed E-state index contributed by atoms with van der Waals surface area (Å²) in [5.74, 6) is 1.71. The molecule has 1 saturated heterocycles. The monoisotopic (exact) mass is 290 g/mol. The predicted molar refractivity (Wildman–Crippen MR) is 84.5 cm³/mol. The molecule has 1 amide bonds. The third kappa shape index (κ3) is 6.17. The van der Waals surface area contributed by atoms with E-state index >= 15 is 0 Å². The normalized spacial score (nSPS) is 15.7. The molecule has 0 atom stereocenters. The maximum absolute atomic E-state index is 11.8. The van der Waals surface area contributed by atoms with E-state index in [9.17, 15) is 4.79 Å². The number of hydrogen-bond acceptors (Lipinski definition) is 3. The molecule has 0 saturated carbocycles. The van der Waals surface area contributed by atoms with Gasteiger partial charge in [0.25, 0.3) is 0 Å². The lowest BCUT2D eigenvalue weighted by atomic mass is 9.93. The molecule has 4 nitrogen and oxygen atoms in total. The Morgan fingerprint density at radius 2 is 2.19 bits per heavy atom. The Labute approximate surface area is 127 Å². The van der Waals surface area contributed by atoms with Crippen molar-refractivity contribution in [1.29, 1.82) is 0 Å². The molecule has 0 aliphatic carbocycles. The predicted octanol–water partition coefficient (Wildman–Crippen LogP) is 2.27. The summed E-state index contributed by atoms with van der Waals surface area (Å²) in [4.78, 5) is 11.8. The van der Waals surface area contributed by atoms with Crippen LogP contribution in [-0.4, -0.2) is 32.1 Å². The zero-order valence-electron chi connectivity index (χ0n) is 12.9. The second kappa shape index (κ2) is 8.67. The zero-order chi connectivity index (χ0) is 14.9. The summed E-state index contributed by atoms with van der Waals surface area (Å²) in [7, 11) is 0. The molecule has 1 aliphatic rings. The molecule has 21 heavy (non-hydrogen) atoms. The first-order chi connectivity index (χ1) is 10.2. The van der Waals surface area contributed by atoms with Gasteiger partial charge in [0, 0.05) is 6.42 Å². The second-order valence-corrected chi connectivity index (χ2v) is 5.75. The van der Waals surface area contributed by atoms with Gasteiger partial charge in [-0.3, -0.25) is 4.79 Å². The van der Waals surface area contributed by atoms with Crippen LogP contribution in [0.5, 0.6) is 5.75 Å². The summed E-state index contributed by atoms with van der Waals surface area (Å²) in [6, 6.07) is 7.95. The van der Waals surface area contributed by atoms with E-state index < -0.39 is 0 Å². The number of amides is 1. The number of ether oxygens (including phenoxy) is 1. The van der Waals surface area contributed by atoms with E-state index in [1.54, 1.807) is 0 Å². The lowest BCUT2D eigenvalue weighted by Crippen LogP contribution is -2.30. The smallest absolute Gasteiger partial charge is 0.220 e. The number of hydrogen-bond donors (Lipinski definition) is 2. The van der Waals surface area contributed by atoms with Crippen LogP contribution in [0.25, 0.3) is 0 Å². The number of rotatable bonds is 7. The molecule has 0 aromatic heterocycles. The molecule has 4 heteroatoms. The van der Waals surface area contributed by atoms with Crippen LogP contribution >= 0.6 is 0 Å². The highest BCUT2D eigenvalue weighted by Crippen LogP contribution is 2.17. The van der Waals surface area contributed by atoms with Crippen LogP contribution in [0.4, 0.5) is 0 Å². The van der Waals surface area contributed by atoms with Crippen LogP contribution in [0, 0.1) is 12.8 Å². The minimum absolute atomic E-state index is 0.140. The number of aryl methyl sites for hydroxylation is 1. The minimum atomic E-state index is 0.140.